The molecule has 21 heavy (non-hydrogen) atoms. The summed E-state index contributed by atoms with van der Waals surface area (Å²) < 4.78 is 26.5. The Balaban J connectivity index is 2.51. The molecule has 0 aromatic heterocycles. The molecule has 0 bridgehead atoms. The number of benzene rings is 1. The second kappa shape index (κ2) is 6.16. The van der Waals surface area contributed by atoms with Crippen molar-refractivity contribution < 1.29 is 12.7 Å². The normalized spacial score (nSPS) is 18.6. The van der Waals surface area contributed by atoms with Crippen LogP contribution in [-0.2, 0) is 14.4 Å². The third-order valence-electron chi connectivity index (χ3n) is 2.70. The number of hydrogen-bond acceptors (Lipinski definition) is 6. The maximum absolute atomic E-state index is 11.0. The van der Waals surface area contributed by atoms with Crippen LogP contribution in [0.3, 0.4) is 0 Å². The second-order valence-electron chi connectivity index (χ2n) is 4.31. The van der Waals surface area contributed by atoms with Crippen LogP contribution in [0.1, 0.15) is 11.1 Å². The fourth-order valence-corrected chi connectivity index (χ4v) is 2.75. The van der Waals surface area contributed by atoms with Gasteiger partial charge in [0.25, 0.3) is 0 Å². The standard InChI is InChI=1S/C14H12N2O3S2/c1-10-5-3-4-6-11(10)13(9-15)12-7-8-20-14(12)16-19-21(2,17)18/h3-8H,1-2H3/b13-12+,16-14?. The zero-order valence-corrected chi connectivity index (χ0v) is 13.0. The lowest BCUT2D eigenvalue weighted by Gasteiger charge is -2.07. The van der Waals surface area contributed by atoms with Crippen molar-refractivity contribution in [3.63, 3.8) is 0 Å². The van der Waals surface area contributed by atoms with Gasteiger partial charge in [-0.15, -0.1) is 0 Å². The molecule has 1 heterocycles. The van der Waals surface area contributed by atoms with E-state index in [1.807, 2.05) is 31.2 Å². The Labute approximate surface area is 127 Å². The molecule has 0 atom stereocenters. The van der Waals surface area contributed by atoms with Crippen molar-refractivity contribution in [1.82, 2.24) is 0 Å². The van der Waals surface area contributed by atoms with Crippen LogP contribution in [0.25, 0.3) is 5.57 Å². The number of rotatable bonds is 3. The molecule has 0 saturated heterocycles. The Bertz CT molecular complexity index is 800. The lowest BCUT2D eigenvalue weighted by Crippen LogP contribution is -2.02. The van der Waals surface area contributed by atoms with Crippen molar-refractivity contribution in [1.29, 1.82) is 5.26 Å². The molecule has 0 amide bonds. The minimum atomic E-state index is -3.67. The second-order valence-corrected chi connectivity index (χ2v) is 6.76. The van der Waals surface area contributed by atoms with Crippen molar-refractivity contribution in [2.24, 2.45) is 5.16 Å². The molecule has 1 aliphatic heterocycles. The van der Waals surface area contributed by atoms with Gasteiger partial charge in [-0.05, 0) is 29.5 Å². The van der Waals surface area contributed by atoms with Crippen LogP contribution in [0.4, 0.5) is 0 Å². The van der Waals surface area contributed by atoms with Crippen LogP contribution in [-0.4, -0.2) is 19.7 Å². The van der Waals surface area contributed by atoms with E-state index in [0.717, 1.165) is 17.4 Å². The number of nitrogens with zero attached hydrogens (tertiary/aromatic N) is 2. The maximum Gasteiger partial charge on any atom is 0.325 e. The molecular formula is C14H12N2O3S2. The molecule has 0 saturated carbocycles. The van der Waals surface area contributed by atoms with E-state index in [-0.39, 0.29) is 0 Å². The topological polar surface area (TPSA) is 79.5 Å². The fourth-order valence-electron chi connectivity index (χ4n) is 1.78. The minimum Gasteiger partial charge on any atom is -0.268 e. The molecule has 5 nitrogen and oxygen atoms in total. The van der Waals surface area contributed by atoms with Gasteiger partial charge >= 0.3 is 10.1 Å². The van der Waals surface area contributed by atoms with Gasteiger partial charge in [0.05, 0.1) is 11.8 Å². The average molecular weight is 320 g/mol. The Kier molecular flexibility index (Phi) is 4.50. The summed E-state index contributed by atoms with van der Waals surface area (Å²) in [4.78, 5) is 0. The quantitative estimate of drug-likeness (QED) is 0.632. The van der Waals surface area contributed by atoms with Gasteiger partial charge in [0, 0.05) is 5.57 Å². The molecule has 108 valence electrons. The van der Waals surface area contributed by atoms with Crippen molar-refractivity contribution in [3.05, 3.63) is 52.4 Å². The summed E-state index contributed by atoms with van der Waals surface area (Å²) in [6, 6.07) is 9.63. The predicted molar refractivity (Wildman–Crippen MR) is 83.8 cm³/mol. The molecule has 1 aromatic rings. The Morgan fingerprint density at radius 2 is 2.10 bits per heavy atom. The monoisotopic (exact) mass is 320 g/mol. The van der Waals surface area contributed by atoms with Crippen molar-refractivity contribution >= 4 is 32.5 Å². The van der Waals surface area contributed by atoms with E-state index < -0.39 is 10.1 Å². The highest BCUT2D eigenvalue weighted by atomic mass is 32.2. The SMILES string of the molecule is Cc1ccccc1/C(C#N)=C1\C=CSC1=NOS(C)(=O)=O. The van der Waals surface area contributed by atoms with Gasteiger partial charge in [0.2, 0.25) is 0 Å². The Morgan fingerprint density at radius 1 is 1.38 bits per heavy atom. The van der Waals surface area contributed by atoms with E-state index in [4.69, 9.17) is 0 Å². The number of nitriles is 1. The molecule has 0 radical (unpaired) electrons. The van der Waals surface area contributed by atoms with Crippen molar-refractivity contribution in [3.8, 4) is 6.07 Å². The first-order chi connectivity index (χ1) is 9.92. The van der Waals surface area contributed by atoms with Gasteiger partial charge < -0.3 is 0 Å². The molecule has 2 rings (SSSR count). The Morgan fingerprint density at radius 3 is 2.71 bits per heavy atom. The van der Waals surface area contributed by atoms with Gasteiger partial charge in [0.1, 0.15) is 11.1 Å². The minimum absolute atomic E-state index is 0.347. The van der Waals surface area contributed by atoms with Crippen LogP contribution in [0.15, 0.2) is 46.5 Å². The molecule has 0 fully saturated rings. The number of allylic oxidation sites excluding steroid dienone is 2. The van der Waals surface area contributed by atoms with E-state index >= 15 is 0 Å². The first-order valence-corrected chi connectivity index (χ1v) is 8.62. The van der Waals surface area contributed by atoms with Crippen LogP contribution in [0.2, 0.25) is 0 Å². The highest BCUT2D eigenvalue weighted by molar-refractivity contribution is 8.17. The van der Waals surface area contributed by atoms with Crippen LogP contribution in [0.5, 0.6) is 0 Å². The summed E-state index contributed by atoms with van der Waals surface area (Å²) in [6.07, 6.45) is 2.64. The highest BCUT2D eigenvalue weighted by Crippen LogP contribution is 2.31. The molecule has 7 heteroatoms. The van der Waals surface area contributed by atoms with Gasteiger partial charge in [-0.25, -0.2) is 0 Å². The summed E-state index contributed by atoms with van der Waals surface area (Å²) in [5, 5.41) is 15.1. The van der Waals surface area contributed by atoms with E-state index in [0.29, 0.717) is 16.2 Å². The zero-order chi connectivity index (χ0) is 15.5. The largest absolute Gasteiger partial charge is 0.325 e. The molecule has 1 aromatic carbocycles. The van der Waals surface area contributed by atoms with Crippen LogP contribution in [0, 0.1) is 18.3 Å². The maximum atomic E-state index is 11.0. The molecular weight excluding hydrogens is 308 g/mol. The smallest absolute Gasteiger partial charge is 0.268 e. The number of hydrogen-bond donors (Lipinski definition) is 0. The van der Waals surface area contributed by atoms with E-state index in [9.17, 15) is 13.7 Å². The first kappa shape index (κ1) is 15.4. The van der Waals surface area contributed by atoms with Gasteiger partial charge in [-0.2, -0.15) is 13.7 Å². The van der Waals surface area contributed by atoms with Crippen LogP contribution < -0.4 is 0 Å². The summed E-state index contributed by atoms with van der Waals surface area (Å²) >= 11 is 1.21. The highest BCUT2D eigenvalue weighted by Gasteiger charge is 2.19. The van der Waals surface area contributed by atoms with E-state index in [1.165, 1.54) is 11.8 Å². The van der Waals surface area contributed by atoms with Gasteiger partial charge in [-0.1, -0.05) is 41.2 Å². The third-order valence-corrected chi connectivity index (χ3v) is 3.83. The lowest BCUT2D eigenvalue weighted by atomic mass is 9.97. The third kappa shape index (κ3) is 3.74. The van der Waals surface area contributed by atoms with E-state index in [2.05, 4.69) is 15.5 Å². The number of thioether (sulfide) groups is 1. The number of oxime groups is 1. The average Bonchev–Trinajstić information content (AvgIpc) is 2.87. The molecule has 0 aliphatic carbocycles. The molecule has 0 spiro atoms. The molecule has 0 unspecified atom stereocenters. The lowest BCUT2D eigenvalue weighted by molar-refractivity contribution is 0.345. The van der Waals surface area contributed by atoms with Crippen molar-refractivity contribution in [2.75, 3.05) is 6.26 Å². The van der Waals surface area contributed by atoms with Gasteiger partial charge in [-0.3, -0.25) is 4.28 Å². The predicted octanol–water partition coefficient (Wildman–Crippen LogP) is 2.82. The summed E-state index contributed by atoms with van der Waals surface area (Å²) in [5.74, 6) is 0. The van der Waals surface area contributed by atoms with Crippen LogP contribution >= 0.6 is 11.8 Å². The summed E-state index contributed by atoms with van der Waals surface area (Å²) in [7, 11) is -3.67. The molecule has 1 aliphatic rings. The Hall–Kier alpha value is -2.04. The number of aryl methyl sites for hydroxylation is 1. The first-order valence-electron chi connectivity index (χ1n) is 5.93. The fraction of sp³-hybridized carbons (Fsp3) is 0.143. The van der Waals surface area contributed by atoms with E-state index in [1.54, 1.807) is 11.5 Å². The summed E-state index contributed by atoms with van der Waals surface area (Å²) in [6.45, 7) is 1.91. The molecule has 0 N–H and O–H groups in total. The zero-order valence-electron chi connectivity index (χ0n) is 11.4. The summed E-state index contributed by atoms with van der Waals surface area (Å²) in [5.41, 5.74) is 2.73. The van der Waals surface area contributed by atoms with Crippen molar-refractivity contribution in [2.45, 2.75) is 6.92 Å². The van der Waals surface area contributed by atoms with Gasteiger partial charge in [0.15, 0.2) is 0 Å².